The highest BCUT2D eigenvalue weighted by Crippen LogP contribution is 2.37. The number of hydrogen-bond acceptors (Lipinski definition) is 5. The number of benzene rings is 1. The van der Waals surface area contributed by atoms with Crippen molar-refractivity contribution in [2.75, 3.05) is 13.1 Å². The number of carbonyl (C=O) groups is 2. The van der Waals surface area contributed by atoms with E-state index >= 15 is 0 Å². The molecule has 2 heterocycles. The molecule has 11 heteroatoms. The van der Waals surface area contributed by atoms with Gasteiger partial charge in [0.05, 0.1) is 28.4 Å². The van der Waals surface area contributed by atoms with Crippen LogP contribution in [-0.4, -0.2) is 45.5 Å². The zero-order valence-corrected chi connectivity index (χ0v) is 18.6. The van der Waals surface area contributed by atoms with Crippen LogP contribution >= 0.6 is 0 Å². The second-order valence-corrected chi connectivity index (χ2v) is 8.29. The molecule has 33 heavy (non-hydrogen) atoms. The van der Waals surface area contributed by atoms with Crippen LogP contribution in [-0.2, 0) is 18.0 Å². The number of amides is 2. The molecule has 0 fully saturated rings. The van der Waals surface area contributed by atoms with Crippen molar-refractivity contribution in [3.63, 3.8) is 0 Å². The largest absolute Gasteiger partial charge is 0.444 e. The number of halogens is 3. The van der Waals surface area contributed by atoms with Gasteiger partial charge in [0.2, 0.25) is 0 Å². The van der Waals surface area contributed by atoms with E-state index in [-0.39, 0.29) is 35.6 Å². The van der Waals surface area contributed by atoms with Crippen molar-refractivity contribution in [3.8, 4) is 11.3 Å². The van der Waals surface area contributed by atoms with Crippen molar-refractivity contribution in [2.24, 2.45) is 7.05 Å². The molecule has 2 amide bonds. The zero-order chi connectivity index (χ0) is 24.4. The maximum Gasteiger partial charge on any atom is 0.417 e. The number of ether oxygens (including phenoxy) is 1. The smallest absolute Gasteiger partial charge is 0.417 e. The fraction of sp³-hybridized carbons (Fsp3) is 0.364. The molecule has 0 aliphatic heterocycles. The van der Waals surface area contributed by atoms with Crippen molar-refractivity contribution in [3.05, 3.63) is 47.7 Å². The Bertz CT molecular complexity index is 1180. The molecule has 0 atom stereocenters. The van der Waals surface area contributed by atoms with Crippen LogP contribution < -0.4 is 10.6 Å². The van der Waals surface area contributed by atoms with Gasteiger partial charge in [0.1, 0.15) is 5.60 Å². The number of aryl methyl sites for hydroxylation is 1. The number of nitrogens with zero attached hydrogens (tertiary/aromatic N) is 3. The SMILES string of the molecule is Cn1ncc2c(C(=O)NCCNC(=O)OC(C)(C)C)cc(-c3ccccc3C(F)(F)F)nc21. The lowest BCUT2D eigenvalue weighted by Gasteiger charge is -2.19. The monoisotopic (exact) mass is 463 g/mol. The first-order valence-corrected chi connectivity index (χ1v) is 10.1. The fourth-order valence-electron chi connectivity index (χ4n) is 3.14. The van der Waals surface area contributed by atoms with E-state index in [1.165, 1.54) is 35.1 Å². The standard InChI is InChI=1S/C22H24F3N5O3/c1-21(2,3)33-20(32)27-10-9-26-19(31)14-11-17(29-18-15(14)12-28-30(18)4)13-7-5-6-8-16(13)22(23,24)25/h5-8,11-12H,9-10H2,1-4H3,(H,26,31)(H,27,32). The van der Waals surface area contributed by atoms with E-state index in [1.54, 1.807) is 27.8 Å². The Balaban J connectivity index is 1.86. The van der Waals surface area contributed by atoms with Crippen molar-refractivity contribution < 1.29 is 27.5 Å². The third-order valence-electron chi connectivity index (χ3n) is 4.54. The van der Waals surface area contributed by atoms with Crippen LogP contribution in [0.25, 0.3) is 22.3 Å². The van der Waals surface area contributed by atoms with Gasteiger partial charge in [0.25, 0.3) is 5.91 Å². The molecule has 3 aromatic rings. The summed E-state index contributed by atoms with van der Waals surface area (Å²) in [5, 5.41) is 9.63. The Morgan fingerprint density at radius 1 is 1.09 bits per heavy atom. The van der Waals surface area contributed by atoms with Gasteiger partial charge in [0, 0.05) is 25.7 Å². The highest BCUT2D eigenvalue weighted by molar-refractivity contribution is 6.06. The van der Waals surface area contributed by atoms with Crippen LogP contribution in [0.15, 0.2) is 36.5 Å². The number of nitrogens with one attached hydrogen (secondary N) is 2. The lowest BCUT2D eigenvalue weighted by Crippen LogP contribution is -2.37. The van der Waals surface area contributed by atoms with Crippen molar-refractivity contribution in [1.82, 2.24) is 25.4 Å². The number of alkyl halides is 3. The average Bonchev–Trinajstić information content (AvgIpc) is 3.09. The summed E-state index contributed by atoms with van der Waals surface area (Å²) in [7, 11) is 1.58. The molecule has 0 aliphatic rings. The quantitative estimate of drug-likeness (QED) is 0.559. The summed E-state index contributed by atoms with van der Waals surface area (Å²) in [6.45, 7) is 5.37. The number of aromatic nitrogens is 3. The topological polar surface area (TPSA) is 98.1 Å². The van der Waals surface area contributed by atoms with E-state index < -0.39 is 29.3 Å². The van der Waals surface area contributed by atoms with E-state index in [0.717, 1.165) is 6.07 Å². The van der Waals surface area contributed by atoms with Gasteiger partial charge < -0.3 is 15.4 Å². The Labute approximate surface area is 188 Å². The number of carbonyl (C=O) groups excluding carboxylic acids is 2. The van der Waals surface area contributed by atoms with Gasteiger partial charge in [-0.05, 0) is 32.9 Å². The molecule has 0 aliphatic carbocycles. The van der Waals surface area contributed by atoms with Crippen LogP contribution in [0.3, 0.4) is 0 Å². The Morgan fingerprint density at radius 3 is 2.42 bits per heavy atom. The van der Waals surface area contributed by atoms with Crippen molar-refractivity contribution in [1.29, 1.82) is 0 Å². The van der Waals surface area contributed by atoms with Crippen molar-refractivity contribution in [2.45, 2.75) is 32.5 Å². The second kappa shape index (κ2) is 9.08. The number of rotatable bonds is 5. The number of fused-ring (bicyclic) bond motifs is 1. The normalized spacial score (nSPS) is 12.0. The molecule has 176 valence electrons. The molecule has 0 saturated heterocycles. The molecular weight excluding hydrogens is 439 g/mol. The minimum atomic E-state index is -4.59. The Morgan fingerprint density at radius 2 is 1.76 bits per heavy atom. The minimum Gasteiger partial charge on any atom is -0.444 e. The van der Waals surface area contributed by atoms with E-state index in [2.05, 4.69) is 20.7 Å². The molecule has 0 unspecified atom stereocenters. The van der Waals surface area contributed by atoms with Gasteiger partial charge in [-0.15, -0.1) is 0 Å². The molecular formula is C22H24F3N5O3. The molecule has 0 radical (unpaired) electrons. The summed E-state index contributed by atoms with van der Waals surface area (Å²) in [6, 6.07) is 6.35. The zero-order valence-electron chi connectivity index (χ0n) is 18.6. The maximum absolute atomic E-state index is 13.5. The first-order valence-electron chi connectivity index (χ1n) is 10.1. The van der Waals surface area contributed by atoms with Crippen molar-refractivity contribution >= 4 is 23.0 Å². The number of alkyl carbamates (subject to hydrolysis) is 1. The number of pyridine rings is 1. The van der Waals surface area contributed by atoms with Gasteiger partial charge in [-0.3, -0.25) is 9.48 Å². The molecule has 1 aromatic carbocycles. The van der Waals surface area contributed by atoms with Crippen LogP contribution in [0.5, 0.6) is 0 Å². The summed E-state index contributed by atoms with van der Waals surface area (Å²) in [4.78, 5) is 28.9. The Hall–Kier alpha value is -3.63. The fourth-order valence-corrected chi connectivity index (χ4v) is 3.14. The molecule has 8 nitrogen and oxygen atoms in total. The highest BCUT2D eigenvalue weighted by atomic mass is 19.4. The molecule has 0 bridgehead atoms. The summed E-state index contributed by atoms with van der Waals surface area (Å²) in [6.07, 6.45) is -3.79. The van der Waals surface area contributed by atoms with E-state index in [4.69, 9.17) is 4.74 Å². The van der Waals surface area contributed by atoms with Gasteiger partial charge in [-0.2, -0.15) is 18.3 Å². The lowest BCUT2D eigenvalue weighted by atomic mass is 10.0. The first kappa shape index (κ1) is 24.0. The van der Waals surface area contributed by atoms with Gasteiger partial charge >= 0.3 is 12.3 Å². The van der Waals surface area contributed by atoms with Crippen LogP contribution in [0, 0.1) is 0 Å². The highest BCUT2D eigenvalue weighted by Gasteiger charge is 2.34. The number of hydrogen-bond donors (Lipinski definition) is 2. The van der Waals surface area contributed by atoms with Gasteiger partial charge in [-0.1, -0.05) is 18.2 Å². The van der Waals surface area contributed by atoms with E-state index in [1.807, 2.05) is 0 Å². The summed E-state index contributed by atoms with van der Waals surface area (Å²) in [5.41, 5.74) is -1.27. The second-order valence-electron chi connectivity index (χ2n) is 8.29. The predicted molar refractivity (Wildman–Crippen MR) is 116 cm³/mol. The molecule has 0 spiro atoms. The summed E-state index contributed by atoms with van der Waals surface area (Å²) < 4.78 is 47.1. The predicted octanol–water partition coefficient (Wildman–Crippen LogP) is 3.91. The molecule has 2 N–H and O–H groups in total. The van der Waals surface area contributed by atoms with E-state index in [0.29, 0.717) is 5.39 Å². The molecule has 2 aromatic heterocycles. The lowest BCUT2D eigenvalue weighted by molar-refractivity contribution is -0.137. The van der Waals surface area contributed by atoms with Gasteiger partial charge in [0.15, 0.2) is 5.65 Å². The summed E-state index contributed by atoms with van der Waals surface area (Å²) >= 11 is 0. The van der Waals surface area contributed by atoms with E-state index in [9.17, 15) is 22.8 Å². The third kappa shape index (κ3) is 5.79. The maximum atomic E-state index is 13.5. The Kier molecular flexibility index (Phi) is 6.61. The molecule has 3 rings (SSSR count). The van der Waals surface area contributed by atoms with Crippen LogP contribution in [0.4, 0.5) is 18.0 Å². The minimum absolute atomic E-state index is 0.00365. The average molecular weight is 463 g/mol. The molecule has 0 saturated carbocycles. The van der Waals surface area contributed by atoms with Crippen LogP contribution in [0.2, 0.25) is 0 Å². The first-order chi connectivity index (χ1) is 15.4. The summed E-state index contributed by atoms with van der Waals surface area (Å²) in [5.74, 6) is -0.535. The third-order valence-corrected chi connectivity index (χ3v) is 4.54. The van der Waals surface area contributed by atoms with Gasteiger partial charge in [-0.25, -0.2) is 9.78 Å². The van der Waals surface area contributed by atoms with Crippen LogP contribution in [0.1, 0.15) is 36.7 Å².